The molecule has 0 spiro atoms. The van der Waals surface area contributed by atoms with Gasteiger partial charge in [0.1, 0.15) is 18.0 Å². The minimum absolute atomic E-state index is 0.114. The second-order valence-electron chi connectivity index (χ2n) is 8.72. The number of nitrogens with zero attached hydrogens (tertiary/aromatic N) is 9. The molecule has 36 heavy (non-hydrogen) atoms. The summed E-state index contributed by atoms with van der Waals surface area (Å²) in [5, 5.41) is 12.1. The van der Waals surface area contributed by atoms with Crippen LogP contribution < -0.4 is 4.90 Å². The zero-order valence-electron chi connectivity index (χ0n) is 19.0. The predicted molar refractivity (Wildman–Crippen MR) is 129 cm³/mol. The SMILES string of the molecule is Fc1cc(C2CCN(c3ncc(Cl)cn3)CC2)cnc1Cn1ccc2cc(-n3cnnn3)cc(F)c21. The quantitative estimate of drug-likeness (QED) is 0.352. The first-order valence-corrected chi connectivity index (χ1v) is 11.8. The van der Waals surface area contributed by atoms with Gasteiger partial charge in [0.25, 0.3) is 0 Å². The number of rotatable bonds is 5. The third kappa shape index (κ3) is 4.26. The van der Waals surface area contributed by atoms with E-state index in [0.717, 1.165) is 31.5 Å². The van der Waals surface area contributed by atoms with Gasteiger partial charge >= 0.3 is 0 Å². The van der Waals surface area contributed by atoms with Gasteiger partial charge < -0.3 is 9.47 Å². The number of benzene rings is 1. The minimum atomic E-state index is -0.448. The number of piperidine rings is 1. The Morgan fingerprint density at radius 1 is 0.972 bits per heavy atom. The topological polar surface area (TPSA) is 90.4 Å². The first kappa shape index (κ1) is 22.5. The molecule has 5 aromatic rings. The van der Waals surface area contributed by atoms with E-state index in [1.807, 2.05) is 0 Å². The van der Waals surface area contributed by atoms with Crippen LogP contribution in [0.3, 0.4) is 0 Å². The molecule has 1 aliphatic heterocycles. The molecule has 0 atom stereocenters. The molecule has 1 saturated heterocycles. The van der Waals surface area contributed by atoms with Crippen LogP contribution in [-0.4, -0.2) is 52.8 Å². The van der Waals surface area contributed by atoms with Gasteiger partial charge in [0.2, 0.25) is 5.95 Å². The lowest BCUT2D eigenvalue weighted by Crippen LogP contribution is -2.34. The molecule has 0 radical (unpaired) electrons. The van der Waals surface area contributed by atoms with Crippen molar-refractivity contribution in [1.29, 1.82) is 0 Å². The van der Waals surface area contributed by atoms with Gasteiger partial charge in [0.05, 0.1) is 40.9 Å². The molecule has 0 bridgehead atoms. The Balaban J connectivity index is 1.17. The molecule has 6 rings (SSSR count). The Labute approximate surface area is 209 Å². The van der Waals surface area contributed by atoms with Gasteiger partial charge in [-0.25, -0.2) is 23.4 Å². The monoisotopic (exact) mass is 507 g/mol. The van der Waals surface area contributed by atoms with E-state index in [-0.39, 0.29) is 18.2 Å². The fraction of sp³-hybridized carbons (Fsp3) is 0.250. The van der Waals surface area contributed by atoms with Crippen LogP contribution in [0.1, 0.15) is 30.0 Å². The van der Waals surface area contributed by atoms with Crippen molar-refractivity contribution in [2.75, 3.05) is 18.0 Å². The molecular weight excluding hydrogens is 488 g/mol. The van der Waals surface area contributed by atoms with Gasteiger partial charge in [0.15, 0.2) is 0 Å². The van der Waals surface area contributed by atoms with E-state index in [9.17, 15) is 4.39 Å². The summed E-state index contributed by atoms with van der Waals surface area (Å²) in [5.74, 6) is -0.00658. The van der Waals surface area contributed by atoms with Crippen molar-refractivity contribution in [2.45, 2.75) is 25.3 Å². The van der Waals surface area contributed by atoms with Crippen LogP contribution >= 0.6 is 11.6 Å². The largest absolute Gasteiger partial charge is 0.341 e. The van der Waals surface area contributed by atoms with Crippen molar-refractivity contribution < 1.29 is 8.78 Å². The summed E-state index contributed by atoms with van der Waals surface area (Å²) in [6.45, 7) is 1.64. The maximum atomic E-state index is 15.1. The van der Waals surface area contributed by atoms with Crippen molar-refractivity contribution in [3.63, 3.8) is 0 Å². The van der Waals surface area contributed by atoms with Crippen LogP contribution in [0.5, 0.6) is 0 Å². The van der Waals surface area contributed by atoms with E-state index in [0.29, 0.717) is 27.6 Å². The smallest absolute Gasteiger partial charge is 0.225 e. The number of hydrogen-bond donors (Lipinski definition) is 0. The third-order valence-electron chi connectivity index (χ3n) is 6.53. The van der Waals surface area contributed by atoms with Crippen molar-refractivity contribution >= 4 is 28.5 Å². The van der Waals surface area contributed by atoms with E-state index in [4.69, 9.17) is 11.6 Å². The Morgan fingerprint density at radius 2 is 1.78 bits per heavy atom. The zero-order chi connectivity index (χ0) is 24.6. The molecule has 1 fully saturated rings. The number of anilines is 1. The van der Waals surface area contributed by atoms with Crippen molar-refractivity contribution in [2.24, 2.45) is 0 Å². The lowest BCUT2D eigenvalue weighted by atomic mass is 9.90. The summed E-state index contributed by atoms with van der Waals surface area (Å²) in [4.78, 5) is 15.1. The van der Waals surface area contributed by atoms with Gasteiger partial charge in [-0.3, -0.25) is 4.98 Å². The maximum Gasteiger partial charge on any atom is 0.225 e. The molecule has 4 aromatic heterocycles. The Morgan fingerprint density at radius 3 is 2.50 bits per heavy atom. The summed E-state index contributed by atoms with van der Waals surface area (Å²) >= 11 is 5.87. The van der Waals surface area contributed by atoms with Crippen LogP contribution in [0.2, 0.25) is 5.02 Å². The molecule has 0 aliphatic carbocycles. The van der Waals surface area contributed by atoms with Crippen LogP contribution in [0.15, 0.2) is 55.4 Å². The highest BCUT2D eigenvalue weighted by atomic mass is 35.5. The van der Waals surface area contributed by atoms with Crippen LogP contribution in [-0.2, 0) is 6.54 Å². The van der Waals surface area contributed by atoms with Crippen molar-refractivity contribution in [3.8, 4) is 5.69 Å². The van der Waals surface area contributed by atoms with Crippen molar-refractivity contribution in [1.82, 2.24) is 39.7 Å². The number of hydrogen-bond acceptors (Lipinski definition) is 7. The van der Waals surface area contributed by atoms with E-state index < -0.39 is 11.6 Å². The molecule has 1 aliphatic rings. The first-order valence-electron chi connectivity index (χ1n) is 11.4. The number of tetrazole rings is 1. The molecule has 9 nitrogen and oxygen atoms in total. The number of pyridine rings is 1. The Bertz CT molecular complexity index is 1510. The third-order valence-corrected chi connectivity index (χ3v) is 6.72. The summed E-state index contributed by atoms with van der Waals surface area (Å²) in [5.41, 5.74) is 1.99. The Hall–Kier alpha value is -3.99. The fourth-order valence-corrected chi connectivity index (χ4v) is 4.79. The minimum Gasteiger partial charge on any atom is -0.341 e. The molecule has 1 aromatic carbocycles. The molecule has 5 heterocycles. The number of halogens is 3. The van der Waals surface area contributed by atoms with E-state index in [1.54, 1.807) is 47.6 Å². The van der Waals surface area contributed by atoms with Crippen LogP contribution in [0.25, 0.3) is 16.6 Å². The number of fused-ring (bicyclic) bond motifs is 1. The molecule has 0 unspecified atom stereocenters. The molecule has 182 valence electrons. The lowest BCUT2D eigenvalue weighted by molar-refractivity contribution is 0.493. The highest BCUT2D eigenvalue weighted by molar-refractivity contribution is 6.30. The van der Waals surface area contributed by atoms with Crippen molar-refractivity contribution in [3.05, 3.63) is 83.3 Å². The van der Waals surface area contributed by atoms with Crippen LogP contribution in [0, 0.1) is 11.6 Å². The van der Waals surface area contributed by atoms with E-state index in [1.165, 1.54) is 17.1 Å². The van der Waals surface area contributed by atoms with Gasteiger partial charge in [0, 0.05) is 36.9 Å². The highest BCUT2D eigenvalue weighted by Crippen LogP contribution is 2.30. The average molecular weight is 508 g/mol. The second kappa shape index (κ2) is 9.23. The summed E-state index contributed by atoms with van der Waals surface area (Å²) in [6, 6.07) is 6.46. The van der Waals surface area contributed by atoms with Gasteiger partial charge in [-0.1, -0.05) is 11.6 Å². The standard InChI is InChI=1S/C24H20ClF2N9/c25-18-11-29-24(30-12-18)34-4-1-15(2-5-34)17-8-20(26)22(28-10-17)13-35-6-3-16-7-19(9-21(27)23(16)35)36-14-31-32-33-36/h3,6-12,14-15H,1-2,4-5,13H2. The van der Waals surface area contributed by atoms with Gasteiger partial charge in [-0.05, 0) is 52.9 Å². The molecule has 0 N–H and O–H groups in total. The molecule has 0 saturated carbocycles. The van der Waals surface area contributed by atoms with Gasteiger partial charge in [-0.15, -0.1) is 5.10 Å². The van der Waals surface area contributed by atoms with E-state index in [2.05, 4.69) is 35.4 Å². The predicted octanol–water partition coefficient (Wildman–Crippen LogP) is 4.17. The molecule has 12 heteroatoms. The zero-order valence-corrected chi connectivity index (χ0v) is 19.7. The van der Waals surface area contributed by atoms with Gasteiger partial charge in [-0.2, -0.15) is 0 Å². The van der Waals surface area contributed by atoms with Crippen LogP contribution in [0.4, 0.5) is 14.7 Å². The fourth-order valence-electron chi connectivity index (χ4n) is 4.69. The summed E-state index contributed by atoms with van der Waals surface area (Å²) in [6.07, 6.45) is 9.69. The second-order valence-corrected chi connectivity index (χ2v) is 9.16. The Kier molecular flexibility index (Phi) is 5.76. The number of aromatic nitrogens is 8. The molecular formula is C24H20ClF2N9. The average Bonchev–Trinajstić information content (AvgIpc) is 3.57. The molecule has 0 amide bonds. The van der Waals surface area contributed by atoms with E-state index >= 15 is 4.39 Å². The lowest BCUT2D eigenvalue weighted by Gasteiger charge is -2.32. The summed E-state index contributed by atoms with van der Waals surface area (Å²) < 4.78 is 33.1. The first-order chi connectivity index (χ1) is 17.5. The highest BCUT2D eigenvalue weighted by Gasteiger charge is 2.23. The summed E-state index contributed by atoms with van der Waals surface area (Å²) in [7, 11) is 0. The maximum absolute atomic E-state index is 15.1. The normalized spacial score (nSPS) is 14.6.